The Morgan fingerprint density at radius 1 is 0.743 bits per heavy atom. The average molecular weight is 486 g/mol. The summed E-state index contributed by atoms with van der Waals surface area (Å²) in [5.41, 5.74) is 9.96. The summed E-state index contributed by atoms with van der Waals surface area (Å²) in [5, 5.41) is 0. The van der Waals surface area contributed by atoms with Crippen LogP contribution in [0.25, 0.3) is 5.57 Å². The van der Waals surface area contributed by atoms with Crippen LogP contribution in [0.5, 0.6) is 0 Å². The number of fused-ring (bicyclic) bond motifs is 1. The molecule has 4 heteroatoms. The third-order valence-corrected chi connectivity index (χ3v) is 6.85. The van der Waals surface area contributed by atoms with Crippen molar-refractivity contribution in [1.82, 2.24) is 0 Å². The van der Waals surface area contributed by atoms with Crippen LogP contribution >= 0.6 is 0 Å². The van der Waals surface area contributed by atoms with E-state index in [-0.39, 0.29) is 17.8 Å². The molecule has 1 aliphatic heterocycles. The summed E-state index contributed by atoms with van der Waals surface area (Å²) in [7, 11) is 10.5. The molecule has 1 aliphatic rings. The number of anilines is 2. The van der Waals surface area contributed by atoms with Gasteiger partial charge >= 0.3 is 0 Å². The third-order valence-electron chi connectivity index (χ3n) is 6.85. The summed E-state index contributed by atoms with van der Waals surface area (Å²) in [6, 6.07) is 26.3. The largest absolute Gasteiger partial charge is 1.00 e. The molecule has 4 rings (SSSR count). The molecular weight excluding hydrogens is 450 g/mol. The molecule has 1 heterocycles. The maximum atomic E-state index is 2.32. The van der Waals surface area contributed by atoms with Crippen molar-refractivity contribution in [3.05, 3.63) is 108 Å². The zero-order valence-electron chi connectivity index (χ0n) is 21.9. The summed E-state index contributed by atoms with van der Waals surface area (Å²) >= 11 is 0. The van der Waals surface area contributed by atoms with Gasteiger partial charge in [0.05, 0.1) is 5.41 Å². The molecular formula is C31H36ClN3. The van der Waals surface area contributed by atoms with Crippen LogP contribution in [-0.4, -0.2) is 45.5 Å². The number of benzene rings is 3. The van der Waals surface area contributed by atoms with Crippen molar-refractivity contribution in [2.75, 3.05) is 45.0 Å². The van der Waals surface area contributed by atoms with Gasteiger partial charge in [0, 0.05) is 57.3 Å². The predicted molar refractivity (Wildman–Crippen MR) is 148 cm³/mol. The molecule has 0 aliphatic carbocycles. The van der Waals surface area contributed by atoms with Crippen LogP contribution in [-0.2, 0) is 5.41 Å². The molecule has 0 radical (unpaired) electrons. The van der Waals surface area contributed by atoms with Gasteiger partial charge < -0.3 is 22.2 Å². The maximum absolute atomic E-state index is 2.32. The van der Waals surface area contributed by atoms with E-state index in [9.17, 15) is 0 Å². The van der Waals surface area contributed by atoms with Gasteiger partial charge in [0.1, 0.15) is 7.05 Å². The highest BCUT2D eigenvalue weighted by Crippen LogP contribution is 2.39. The number of nitrogens with zero attached hydrogens (tertiary/aromatic N) is 3. The van der Waals surface area contributed by atoms with Crippen molar-refractivity contribution in [3.8, 4) is 0 Å². The number of para-hydroxylation sites is 1. The molecule has 3 nitrogen and oxygen atoms in total. The van der Waals surface area contributed by atoms with Crippen molar-refractivity contribution in [2.24, 2.45) is 0 Å². The van der Waals surface area contributed by atoms with Crippen molar-refractivity contribution in [3.63, 3.8) is 0 Å². The average Bonchev–Trinajstić information content (AvgIpc) is 3.02. The zero-order valence-corrected chi connectivity index (χ0v) is 22.6. The second-order valence-electron chi connectivity index (χ2n) is 9.91. The van der Waals surface area contributed by atoms with Gasteiger partial charge in [-0.2, -0.15) is 4.58 Å². The summed E-state index contributed by atoms with van der Waals surface area (Å²) in [6.45, 7) is 4.61. The van der Waals surface area contributed by atoms with Crippen LogP contribution in [0.15, 0.2) is 91.0 Å². The molecule has 182 valence electrons. The smallest absolute Gasteiger partial charge is 0.209 e. The van der Waals surface area contributed by atoms with Crippen LogP contribution in [0.4, 0.5) is 17.1 Å². The van der Waals surface area contributed by atoms with Gasteiger partial charge in [0.25, 0.3) is 0 Å². The van der Waals surface area contributed by atoms with Crippen molar-refractivity contribution < 1.29 is 17.0 Å². The monoisotopic (exact) mass is 485 g/mol. The Hall–Kier alpha value is -3.30. The SMILES string of the molecule is CN(C)c1ccc(C(=CC=CC2=[N+](C)c3ccccc3C2(C)C)c2ccc(N(C)C)cc2)cc1.[Cl-]. The molecule has 0 bridgehead atoms. The fourth-order valence-corrected chi connectivity index (χ4v) is 4.77. The van der Waals surface area contributed by atoms with E-state index in [1.165, 1.54) is 45.0 Å². The van der Waals surface area contributed by atoms with Crippen molar-refractivity contribution in [1.29, 1.82) is 0 Å². The molecule has 0 saturated carbocycles. The molecule has 0 atom stereocenters. The van der Waals surface area contributed by atoms with E-state index in [1.807, 2.05) is 0 Å². The maximum Gasteiger partial charge on any atom is 0.209 e. The minimum absolute atomic E-state index is 0. The molecule has 0 spiro atoms. The highest BCUT2D eigenvalue weighted by atomic mass is 35.5. The Bertz CT molecular complexity index is 1210. The van der Waals surface area contributed by atoms with Gasteiger partial charge in [-0.25, -0.2) is 0 Å². The summed E-state index contributed by atoms with van der Waals surface area (Å²) < 4.78 is 2.32. The topological polar surface area (TPSA) is 9.49 Å². The van der Waals surface area contributed by atoms with Crippen molar-refractivity contribution in [2.45, 2.75) is 19.3 Å². The van der Waals surface area contributed by atoms with Crippen LogP contribution in [0.1, 0.15) is 30.5 Å². The van der Waals surface area contributed by atoms with E-state index in [2.05, 4.69) is 154 Å². The van der Waals surface area contributed by atoms with Gasteiger partial charge in [0.2, 0.25) is 5.69 Å². The van der Waals surface area contributed by atoms with Crippen LogP contribution in [0, 0.1) is 0 Å². The summed E-state index contributed by atoms with van der Waals surface area (Å²) in [6.07, 6.45) is 6.71. The molecule has 3 aromatic rings. The number of halogens is 1. The second-order valence-corrected chi connectivity index (χ2v) is 9.91. The van der Waals surface area contributed by atoms with Gasteiger partial charge in [0.15, 0.2) is 5.71 Å². The van der Waals surface area contributed by atoms with Gasteiger partial charge in [-0.3, -0.25) is 0 Å². The highest BCUT2D eigenvalue weighted by Gasteiger charge is 2.42. The van der Waals surface area contributed by atoms with Crippen LogP contribution in [0.2, 0.25) is 0 Å². The first-order valence-corrected chi connectivity index (χ1v) is 11.8. The van der Waals surface area contributed by atoms with E-state index < -0.39 is 0 Å². The fraction of sp³-hybridized carbons (Fsp3) is 0.258. The zero-order chi connectivity index (χ0) is 24.5. The number of hydrogen-bond acceptors (Lipinski definition) is 2. The molecule has 0 fully saturated rings. The predicted octanol–water partition coefficient (Wildman–Crippen LogP) is 3.52. The Morgan fingerprint density at radius 2 is 1.23 bits per heavy atom. The normalized spacial score (nSPS) is 13.9. The first-order chi connectivity index (χ1) is 16.2. The van der Waals surface area contributed by atoms with Gasteiger partial charge in [-0.1, -0.05) is 54.6 Å². The third kappa shape index (κ3) is 5.21. The van der Waals surface area contributed by atoms with Gasteiger partial charge in [-0.05, 0) is 54.8 Å². The minimum atomic E-state index is -0.0312. The Kier molecular flexibility index (Phi) is 7.92. The van der Waals surface area contributed by atoms with Crippen LogP contribution in [0.3, 0.4) is 0 Å². The highest BCUT2D eigenvalue weighted by molar-refractivity contribution is 6.03. The molecule has 0 saturated heterocycles. The minimum Gasteiger partial charge on any atom is -1.00 e. The lowest BCUT2D eigenvalue weighted by atomic mass is 9.81. The van der Waals surface area contributed by atoms with Gasteiger partial charge in [-0.15, -0.1) is 0 Å². The van der Waals surface area contributed by atoms with E-state index in [0.29, 0.717) is 0 Å². The van der Waals surface area contributed by atoms with E-state index in [0.717, 1.165) is 0 Å². The molecule has 0 aromatic heterocycles. The second kappa shape index (κ2) is 10.5. The quantitative estimate of drug-likeness (QED) is 0.390. The fourth-order valence-electron chi connectivity index (χ4n) is 4.77. The first-order valence-electron chi connectivity index (χ1n) is 11.8. The van der Waals surface area contributed by atoms with E-state index >= 15 is 0 Å². The lowest BCUT2D eigenvalue weighted by Gasteiger charge is -2.16. The molecule has 0 unspecified atom stereocenters. The Morgan fingerprint density at radius 3 is 1.69 bits per heavy atom. The molecule has 3 aromatic carbocycles. The Balaban J connectivity index is 0.00000342. The van der Waals surface area contributed by atoms with E-state index in [4.69, 9.17) is 0 Å². The first kappa shape index (κ1) is 26.3. The number of hydrogen-bond donors (Lipinski definition) is 0. The number of allylic oxidation sites excluding steroid dienone is 3. The summed E-state index contributed by atoms with van der Waals surface area (Å²) in [5.74, 6) is 0. The molecule has 0 N–H and O–H groups in total. The Labute approximate surface area is 217 Å². The van der Waals surface area contributed by atoms with E-state index in [1.54, 1.807) is 0 Å². The van der Waals surface area contributed by atoms with Crippen molar-refractivity contribution >= 4 is 28.3 Å². The summed E-state index contributed by atoms with van der Waals surface area (Å²) in [4.78, 5) is 4.26. The van der Waals surface area contributed by atoms with Crippen LogP contribution < -0.4 is 22.2 Å². The standard InChI is InChI=1S/C31H36N3.ClH/c1-31(2)28-12-8-9-13-29(28)34(7)30(31)14-10-11-27(23-15-19-25(20-16-23)32(3)4)24-17-21-26(22-18-24)33(5)6;/h8-22H,1-7H3;1H/q+1;/p-1. The lowest BCUT2D eigenvalue weighted by Crippen LogP contribution is -3.00. The lowest BCUT2D eigenvalue weighted by molar-refractivity contribution is -0.401. The number of rotatable bonds is 6. The molecule has 0 amide bonds. The molecule has 35 heavy (non-hydrogen) atoms.